The van der Waals surface area contributed by atoms with E-state index in [-0.39, 0.29) is 11.8 Å². The molecule has 0 saturated carbocycles. The van der Waals surface area contributed by atoms with E-state index in [1.54, 1.807) is 27.7 Å². The summed E-state index contributed by atoms with van der Waals surface area (Å²) in [6, 6.07) is 13.3. The van der Waals surface area contributed by atoms with Gasteiger partial charge in [0.1, 0.15) is 17.9 Å². The van der Waals surface area contributed by atoms with Crippen molar-refractivity contribution >= 4 is 11.7 Å². The standard InChI is InChI=1S/C21H21N3O4/c1-26-15-7-5-14(6-8-15)24-12-22-20-16(11-19(25)23-21(20)24)13-4-9-17(27-2)18(10-13)28-3/h4-10,12,16H,11H2,1-3H3,(H,23,25)/t16-/m0/s1. The average molecular weight is 379 g/mol. The molecule has 1 N–H and O–H groups in total. The minimum atomic E-state index is -0.164. The van der Waals surface area contributed by atoms with E-state index in [1.165, 1.54) is 0 Å². The van der Waals surface area contributed by atoms with Crippen LogP contribution in [0, 0.1) is 0 Å². The van der Waals surface area contributed by atoms with Crippen molar-refractivity contribution in [3.8, 4) is 22.9 Å². The molecule has 0 unspecified atom stereocenters. The van der Waals surface area contributed by atoms with Gasteiger partial charge in [0.05, 0.1) is 27.0 Å². The monoisotopic (exact) mass is 379 g/mol. The predicted octanol–water partition coefficient (Wildman–Crippen LogP) is 3.37. The molecule has 1 aliphatic rings. The maximum atomic E-state index is 12.4. The molecule has 7 heteroatoms. The number of rotatable bonds is 5. The molecular formula is C21H21N3O4. The summed E-state index contributed by atoms with van der Waals surface area (Å²) in [4.78, 5) is 17.1. The largest absolute Gasteiger partial charge is 0.497 e. The lowest BCUT2D eigenvalue weighted by atomic mass is 9.89. The number of ether oxygens (including phenoxy) is 3. The molecular weight excluding hydrogens is 358 g/mol. The van der Waals surface area contributed by atoms with Gasteiger partial charge in [-0.25, -0.2) is 4.98 Å². The van der Waals surface area contributed by atoms with E-state index in [2.05, 4.69) is 10.3 Å². The van der Waals surface area contributed by atoms with Crippen molar-refractivity contribution in [1.29, 1.82) is 0 Å². The van der Waals surface area contributed by atoms with Crippen LogP contribution in [0.25, 0.3) is 5.69 Å². The van der Waals surface area contributed by atoms with Gasteiger partial charge >= 0.3 is 0 Å². The van der Waals surface area contributed by atoms with E-state index in [0.717, 1.165) is 22.7 Å². The molecule has 0 fully saturated rings. The zero-order valence-electron chi connectivity index (χ0n) is 15.9. The van der Waals surface area contributed by atoms with Gasteiger partial charge in [-0.2, -0.15) is 0 Å². The number of aromatic nitrogens is 2. The number of fused-ring (bicyclic) bond motifs is 1. The fraction of sp³-hybridized carbons (Fsp3) is 0.238. The first kappa shape index (κ1) is 17.9. The third-order valence-electron chi connectivity index (χ3n) is 4.93. The number of nitrogens with one attached hydrogen (secondary N) is 1. The lowest BCUT2D eigenvalue weighted by Crippen LogP contribution is -2.25. The van der Waals surface area contributed by atoms with Crippen LogP contribution in [0.4, 0.5) is 5.82 Å². The number of imidazole rings is 1. The number of hydrogen-bond donors (Lipinski definition) is 1. The van der Waals surface area contributed by atoms with Crippen molar-refractivity contribution in [2.75, 3.05) is 26.6 Å². The number of methoxy groups -OCH3 is 3. The van der Waals surface area contributed by atoms with E-state index in [0.29, 0.717) is 23.7 Å². The Balaban J connectivity index is 1.76. The lowest BCUT2D eigenvalue weighted by Gasteiger charge is -2.24. The topological polar surface area (TPSA) is 74.6 Å². The Labute approximate surface area is 162 Å². The van der Waals surface area contributed by atoms with Gasteiger partial charge in [0.2, 0.25) is 5.91 Å². The van der Waals surface area contributed by atoms with Gasteiger partial charge in [-0.3, -0.25) is 9.36 Å². The van der Waals surface area contributed by atoms with Crippen LogP contribution in [0.5, 0.6) is 17.2 Å². The van der Waals surface area contributed by atoms with Crippen LogP contribution in [0.3, 0.4) is 0 Å². The number of carbonyl (C=O) groups is 1. The maximum absolute atomic E-state index is 12.4. The van der Waals surface area contributed by atoms with Crippen LogP contribution in [0.1, 0.15) is 23.6 Å². The zero-order valence-corrected chi connectivity index (χ0v) is 15.9. The van der Waals surface area contributed by atoms with Gasteiger partial charge in [-0.1, -0.05) is 6.07 Å². The Hall–Kier alpha value is -3.48. The predicted molar refractivity (Wildman–Crippen MR) is 105 cm³/mol. The van der Waals surface area contributed by atoms with Gasteiger partial charge in [0.25, 0.3) is 0 Å². The fourth-order valence-corrected chi connectivity index (χ4v) is 3.49. The van der Waals surface area contributed by atoms with Gasteiger partial charge in [-0.15, -0.1) is 0 Å². The summed E-state index contributed by atoms with van der Waals surface area (Å²) in [5.41, 5.74) is 2.67. The van der Waals surface area contributed by atoms with Crippen molar-refractivity contribution in [1.82, 2.24) is 9.55 Å². The highest BCUT2D eigenvalue weighted by Gasteiger charge is 2.31. The third-order valence-corrected chi connectivity index (χ3v) is 4.93. The summed E-state index contributed by atoms with van der Waals surface area (Å²) in [6.07, 6.45) is 2.05. The normalized spacial score (nSPS) is 15.5. The van der Waals surface area contributed by atoms with Crippen molar-refractivity contribution in [2.45, 2.75) is 12.3 Å². The minimum absolute atomic E-state index is 0.0532. The van der Waals surface area contributed by atoms with E-state index in [1.807, 2.05) is 47.0 Å². The second-order valence-electron chi connectivity index (χ2n) is 6.47. The summed E-state index contributed by atoms with van der Waals surface area (Å²) in [5.74, 6) is 2.51. The van der Waals surface area contributed by atoms with Crippen molar-refractivity contribution in [3.63, 3.8) is 0 Å². The summed E-state index contributed by atoms with van der Waals surface area (Å²) in [5, 5.41) is 2.96. The molecule has 2 heterocycles. The highest BCUT2D eigenvalue weighted by Crippen LogP contribution is 2.40. The molecule has 4 rings (SSSR count). The van der Waals surface area contributed by atoms with Crippen molar-refractivity contribution in [2.24, 2.45) is 0 Å². The molecule has 1 aliphatic heterocycles. The van der Waals surface area contributed by atoms with Crippen molar-refractivity contribution < 1.29 is 19.0 Å². The molecule has 2 aromatic carbocycles. The SMILES string of the molecule is COc1ccc(-n2cnc3c2NC(=O)C[C@H]3c2ccc(OC)c(OC)c2)cc1. The lowest BCUT2D eigenvalue weighted by molar-refractivity contribution is -0.116. The van der Waals surface area contributed by atoms with Gasteiger partial charge < -0.3 is 19.5 Å². The molecule has 144 valence electrons. The first-order chi connectivity index (χ1) is 13.6. The Morgan fingerprint density at radius 3 is 2.43 bits per heavy atom. The van der Waals surface area contributed by atoms with Crippen LogP contribution in [0.15, 0.2) is 48.8 Å². The zero-order chi connectivity index (χ0) is 19.7. The average Bonchev–Trinajstić information content (AvgIpc) is 3.16. The van der Waals surface area contributed by atoms with Crippen LogP contribution in [0.2, 0.25) is 0 Å². The second kappa shape index (κ2) is 7.26. The summed E-state index contributed by atoms with van der Waals surface area (Å²) in [7, 11) is 4.82. The summed E-state index contributed by atoms with van der Waals surface area (Å²) in [6.45, 7) is 0. The van der Waals surface area contributed by atoms with E-state index in [4.69, 9.17) is 14.2 Å². The molecule has 0 bridgehead atoms. The molecule has 0 radical (unpaired) electrons. The number of nitrogens with zero attached hydrogens (tertiary/aromatic N) is 2. The van der Waals surface area contributed by atoms with Crippen LogP contribution in [-0.2, 0) is 4.79 Å². The molecule has 1 amide bonds. The molecule has 28 heavy (non-hydrogen) atoms. The van der Waals surface area contributed by atoms with Crippen LogP contribution >= 0.6 is 0 Å². The minimum Gasteiger partial charge on any atom is -0.497 e. The molecule has 7 nitrogen and oxygen atoms in total. The Morgan fingerprint density at radius 1 is 1.00 bits per heavy atom. The first-order valence-corrected chi connectivity index (χ1v) is 8.88. The number of hydrogen-bond acceptors (Lipinski definition) is 5. The second-order valence-corrected chi connectivity index (χ2v) is 6.47. The Bertz CT molecular complexity index is 1010. The van der Waals surface area contributed by atoms with Gasteiger partial charge in [-0.05, 0) is 42.0 Å². The summed E-state index contributed by atoms with van der Waals surface area (Å²) >= 11 is 0. The molecule has 1 aromatic heterocycles. The fourth-order valence-electron chi connectivity index (χ4n) is 3.49. The Kier molecular flexibility index (Phi) is 4.65. The first-order valence-electron chi connectivity index (χ1n) is 8.88. The quantitative estimate of drug-likeness (QED) is 0.736. The molecule has 0 aliphatic carbocycles. The van der Waals surface area contributed by atoms with Crippen LogP contribution < -0.4 is 19.5 Å². The number of amides is 1. The summed E-state index contributed by atoms with van der Waals surface area (Å²) < 4.78 is 17.8. The van der Waals surface area contributed by atoms with E-state index < -0.39 is 0 Å². The smallest absolute Gasteiger partial charge is 0.226 e. The number of benzene rings is 2. The molecule has 3 aromatic rings. The third kappa shape index (κ3) is 3.05. The van der Waals surface area contributed by atoms with Gasteiger partial charge in [0, 0.05) is 18.0 Å². The highest BCUT2D eigenvalue weighted by molar-refractivity contribution is 5.94. The maximum Gasteiger partial charge on any atom is 0.226 e. The van der Waals surface area contributed by atoms with E-state index >= 15 is 0 Å². The highest BCUT2D eigenvalue weighted by atomic mass is 16.5. The van der Waals surface area contributed by atoms with Crippen LogP contribution in [-0.4, -0.2) is 36.8 Å². The van der Waals surface area contributed by atoms with Gasteiger partial charge in [0.15, 0.2) is 11.5 Å². The van der Waals surface area contributed by atoms with E-state index in [9.17, 15) is 4.79 Å². The molecule has 0 spiro atoms. The number of anilines is 1. The van der Waals surface area contributed by atoms with Crippen molar-refractivity contribution in [3.05, 3.63) is 60.0 Å². The molecule has 0 saturated heterocycles. The molecule has 1 atom stereocenters. The Morgan fingerprint density at radius 2 is 1.75 bits per heavy atom. The number of carbonyl (C=O) groups excluding carboxylic acids is 1.